The van der Waals surface area contributed by atoms with Gasteiger partial charge in [-0.05, 0) is 38.7 Å². The summed E-state index contributed by atoms with van der Waals surface area (Å²) in [4.78, 5) is 38.9. The third-order valence-corrected chi connectivity index (χ3v) is 6.59. The molecule has 3 N–H and O–H groups in total. The van der Waals surface area contributed by atoms with Crippen LogP contribution in [0.2, 0.25) is 0 Å². The van der Waals surface area contributed by atoms with Crippen LogP contribution in [-0.4, -0.2) is 78.7 Å². The molecular weight excluding hydrogens is 430 g/mol. The van der Waals surface area contributed by atoms with Crippen molar-refractivity contribution in [3.8, 4) is 0 Å². The summed E-state index contributed by atoms with van der Waals surface area (Å²) in [6, 6.07) is 8.12. The Labute approximate surface area is 194 Å². The van der Waals surface area contributed by atoms with Crippen LogP contribution in [0.1, 0.15) is 32.3 Å². The van der Waals surface area contributed by atoms with Gasteiger partial charge in [-0.1, -0.05) is 30.3 Å². The van der Waals surface area contributed by atoms with Crippen molar-refractivity contribution in [3.63, 3.8) is 0 Å². The second kappa shape index (κ2) is 13.4. The first-order valence-corrected chi connectivity index (χ1v) is 12.2. The number of carbonyl (C=O) groups excluding carboxylic acids is 3. The molecule has 1 unspecified atom stereocenters. The second-order valence-corrected chi connectivity index (χ2v) is 8.97. The third-order valence-electron chi connectivity index (χ3n) is 5.36. The normalized spacial score (nSPS) is 18.6. The fourth-order valence-electron chi connectivity index (χ4n) is 3.77. The molecule has 1 amide bonds. The summed E-state index contributed by atoms with van der Waals surface area (Å²) in [5.41, 5.74) is 7.43. The Morgan fingerprint density at radius 1 is 1.25 bits per heavy atom. The van der Waals surface area contributed by atoms with Crippen molar-refractivity contribution in [1.29, 1.82) is 0 Å². The first-order chi connectivity index (χ1) is 15.4. The monoisotopic (exact) mass is 465 g/mol. The maximum atomic E-state index is 13.0. The number of nitrogens with one attached hydrogen (secondary N) is 1. The van der Waals surface area contributed by atoms with Gasteiger partial charge in [-0.15, -0.1) is 0 Å². The van der Waals surface area contributed by atoms with E-state index in [1.807, 2.05) is 30.3 Å². The van der Waals surface area contributed by atoms with E-state index in [0.29, 0.717) is 24.5 Å². The highest BCUT2D eigenvalue weighted by Gasteiger charge is 2.37. The molecule has 0 aliphatic carbocycles. The van der Waals surface area contributed by atoms with Crippen molar-refractivity contribution < 1.29 is 23.9 Å². The maximum absolute atomic E-state index is 13.0. The van der Waals surface area contributed by atoms with Crippen LogP contribution in [0.4, 0.5) is 0 Å². The lowest BCUT2D eigenvalue weighted by molar-refractivity contribution is -0.152. The van der Waals surface area contributed by atoms with Crippen LogP contribution >= 0.6 is 11.8 Å². The number of methoxy groups -OCH3 is 1. The van der Waals surface area contributed by atoms with Gasteiger partial charge in [0.15, 0.2) is 0 Å². The number of amides is 1. The highest BCUT2D eigenvalue weighted by Crippen LogP contribution is 2.20. The molecule has 0 spiro atoms. The number of carbonyl (C=O) groups is 3. The zero-order valence-corrected chi connectivity index (χ0v) is 19.9. The lowest BCUT2D eigenvalue weighted by Crippen LogP contribution is -2.54. The zero-order chi connectivity index (χ0) is 23.5. The Morgan fingerprint density at radius 3 is 2.62 bits per heavy atom. The number of nitrogens with zero attached hydrogens (tertiary/aromatic N) is 1. The molecule has 0 radical (unpaired) electrons. The lowest BCUT2D eigenvalue weighted by atomic mass is 10.1. The molecule has 8 nitrogen and oxygen atoms in total. The van der Waals surface area contributed by atoms with Crippen LogP contribution in [0.3, 0.4) is 0 Å². The molecule has 1 aliphatic heterocycles. The van der Waals surface area contributed by atoms with Crippen LogP contribution in [0.25, 0.3) is 0 Å². The van der Waals surface area contributed by atoms with Gasteiger partial charge in [0.05, 0.1) is 19.8 Å². The molecule has 0 saturated carbocycles. The van der Waals surface area contributed by atoms with E-state index in [-0.39, 0.29) is 18.6 Å². The minimum atomic E-state index is -0.651. The second-order valence-electron chi connectivity index (χ2n) is 7.89. The van der Waals surface area contributed by atoms with Crippen molar-refractivity contribution in [2.75, 3.05) is 31.8 Å². The number of ether oxygens (including phenoxy) is 2. The fraction of sp³-hybridized carbons (Fsp3) is 0.609. The molecule has 2 rings (SSSR count). The quantitative estimate of drug-likeness (QED) is 0.445. The number of nitrogens with two attached hydrogens (primary N) is 1. The molecule has 1 saturated heterocycles. The van der Waals surface area contributed by atoms with Crippen molar-refractivity contribution in [1.82, 2.24) is 10.2 Å². The summed E-state index contributed by atoms with van der Waals surface area (Å²) >= 11 is 1.55. The predicted molar refractivity (Wildman–Crippen MR) is 125 cm³/mol. The summed E-state index contributed by atoms with van der Waals surface area (Å²) in [6.45, 7) is 4.20. The Balaban J connectivity index is 1.91. The first-order valence-electron chi connectivity index (χ1n) is 11.1. The number of hydrogen-bond donors (Lipinski definition) is 2. The number of rotatable bonds is 12. The summed E-state index contributed by atoms with van der Waals surface area (Å²) in [7, 11) is 1.32. The smallest absolute Gasteiger partial charge is 0.328 e. The van der Waals surface area contributed by atoms with Crippen LogP contribution in [-0.2, 0) is 30.3 Å². The molecule has 178 valence electrons. The molecule has 1 fully saturated rings. The van der Waals surface area contributed by atoms with Crippen LogP contribution < -0.4 is 11.1 Å². The number of esters is 2. The molecule has 1 aliphatic rings. The molecule has 4 atom stereocenters. The minimum absolute atomic E-state index is 0.0466. The van der Waals surface area contributed by atoms with Crippen LogP contribution in [0, 0.1) is 0 Å². The average Bonchev–Trinajstić information content (AvgIpc) is 3.28. The number of hydrogen-bond acceptors (Lipinski definition) is 8. The Bertz CT molecular complexity index is 748. The van der Waals surface area contributed by atoms with Gasteiger partial charge in [0.1, 0.15) is 12.1 Å². The van der Waals surface area contributed by atoms with Gasteiger partial charge in [0, 0.05) is 24.1 Å². The van der Waals surface area contributed by atoms with Gasteiger partial charge in [-0.3, -0.25) is 14.9 Å². The highest BCUT2D eigenvalue weighted by atomic mass is 32.2. The van der Waals surface area contributed by atoms with Gasteiger partial charge in [0.2, 0.25) is 5.91 Å². The van der Waals surface area contributed by atoms with Gasteiger partial charge >= 0.3 is 11.9 Å². The molecule has 1 aromatic carbocycles. The SMILES string of the molecule is CCOC(=O)[C@H](CSC[C@@H](N)Cc1ccccc1)NC(C)C(=O)N1CCC[C@H]1C(=O)OC. The topological polar surface area (TPSA) is 111 Å². The van der Waals surface area contributed by atoms with E-state index in [0.717, 1.165) is 12.8 Å². The molecule has 32 heavy (non-hydrogen) atoms. The lowest BCUT2D eigenvalue weighted by Gasteiger charge is -2.28. The summed E-state index contributed by atoms with van der Waals surface area (Å²) in [6.07, 6.45) is 2.08. The van der Waals surface area contributed by atoms with E-state index in [1.54, 1.807) is 25.6 Å². The molecule has 0 bridgehead atoms. The molecule has 0 aromatic heterocycles. The van der Waals surface area contributed by atoms with Crippen LogP contribution in [0.15, 0.2) is 30.3 Å². The van der Waals surface area contributed by atoms with E-state index in [2.05, 4.69) is 5.32 Å². The first kappa shape index (κ1) is 26.2. The molecular formula is C23H35N3O5S. The maximum Gasteiger partial charge on any atom is 0.328 e. The van der Waals surface area contributed by atoms with E-state index in [9.17, 15) is 14.4 Å². The van der Waals surface area contributed by atoms with Gasteiger partial charge in [-0.2, -0.15) is 11.8 Å². The fourth-order valence-corrected chi connectivity index (χ4v) is 4.80. The molecule has 1 aromatic rings. The van der Waals surface area contributed by atoms with Gasteiger partial charge in [-0.25, -0.2) is 4.79 Å². The highest BCUT2D eigenvalue weighted by molar-refractivity contribution is 7.99. The van der Waals surface area contributed by atoms with Crippen molar-refractivity contribution >= 4 is 29.6 Å². The largest absolute Gasteiger partial charge is 0.467 e. The Hall–Kier alpha value is -2.10. The Kier molecular flexibility index (Phi) is 11.0. The average molecular weight is 466 g/mol. The zero-order valence-electron chi connectivity index (χ0n) is 19.1. The van der Waals surface area contributed by atoms with E-state index < -0.39 is 30.1 Å². The number of likely N-dealkylation sites (tertiary alicyclic amines) is 1. The number of benzene rings is 1. The van der Waals surface area contributed by atoms with E-state index in [1.165, 1.54) is 17.6 Å². The van der Waals surface area contributed by atoms with Crippen LogP contribution in [0.5, 0.6) is 0 Å². The summed E-state index contributed by atoms with van der Waals surface area (Å²) < 4.78 is 10.0. The van der Waals surface area contributed by atoms with Crippen molar-refractivity contribution in [2.24, 2.45) is 5.73 Å². The molecule has 1 heterocycles. The van der Waals surface area contributed by atoms with E-state index in [4.69, 9.17) is 15.2 Å². The minimum Gasteiger partial charge on any atom is -0.467 e. The predicted octanol–water partition coefficient (Wildman–Crippen LogP) is 1.36. The van der Waals surface area contributed by atoms with Crippen molar-refractivity contribution in [2.45, 2.75) is 57.3 Å². The van der Waals surface area contributed by atoms with E-state index >= 15 is 0 Å². The summed E-state index contributed by atoms with van der Waals surface area (Å²) in [5, 5.41) is 3.10. The number of thioether (sulfide) groups is 1. The Morgan fingerprint density at radius 2 is 1.97 bits per heavy atom. The third kappa shape index (κ3) is 7.79. The van der Waals surface area contributed by atoms with Gasteiger partial charge < -0.3 is 20.1 Å². The van der Waals surface area contributed by atoms with Crippen molar-refractivity contribution in [3.05, 3.63) is 35.9 Å². The standard InChI is InChI=1S/C23H35N3O5S/c1-4-31-22(28)19(15-32-14-18(24)13-17-9-6-5-7-10-17)25-16(2)21(27)26-12-8-11-20(26)23(29)30-3/h5-7,9-10,16,18-20,25H,4,8,11-15,24H2,1-3H3/t16?,18-,19-,20-/m0/s1. The summed E-state index contributed by atoms with van der Waals surface area (Å²) in [5.74, 6) is 0.0678. The molecule has 9 heteroatoms. The van der Waals surface area contributed by atoms with Gasteiger partial charge in [0.25, 0.3) is 0 Å².